The number of aromatic nitrogens is 2. The Morgan fingerprint density at radius 1 is 1.21 bits per heavy atom. The maximum atomic E-state index is 12.6. The fraction of sp³-hybridized carbons (Fsp3) is 0.118. The second kappa shape index (κ2) is 5.69. The molecule has 7 heteroatoms. The Labute approximate surface area is 137 Å². The number of hydrogen-bond donors (Lipinski definition) is 3. The number of fused-ring (bicyclic) bond motifs is 1. The van der Waals surface area contributed by atoms with E-state index in [4.69, 9.17) is 0 Å². The van der Waals surface area contributed by atoms with Gasteiger partial charge in [-0.1, -0.05) is 18.2 Å². The largest absolute Gasteiger partial charge is 0.336 e. The molecule has 0 bridgehead atoms. The van der Waals surface area contributed by atoms with Crippen LogP contribution in [0.5, 0.6) is 0 Å². The van der Waals surface area contributed by atoms with Gasteiger partial charge in [-0.25, -0.2) is 4.79 Å². The van der Waals surface area contributed by atoms with E-state index >= 15 is 0 Å². The molecule has 120 valence electrons. The van der Waals surface area contributed by atoms with Gasteiger partial charge in [0.15, 0.2) is 0 Å². The Hall–Kier alpha value is -3.35. The SMILES string of the molecule is O=C(Nc1cccc(N2CCNC2=O)c1)c1cccc2cn[nH]c12. The second-order valence-corrected chi connectivity index (χ2v) is 5.53. The number of urea groups is 1. The highest BCUT2D eigenvalue weighted by Gasteiger charge is 2.21. The predicted octanol–water partition coefficient (Wildman–Crippen LogP) is 2.34. The van der Waals surface area contributed by atoms with Crippen molar-refractivity contribution in [3.8, 4) is 0 Å². The zero-order valence-electron chi connectivity index (χ0n) is 12.7. The molecular weight excluding hydrogens is 306 g/mol. The molecule has 24 heavy (non-hydrogen) atoms. The number of benzene rings is 2. The average Bonchev–Trinajstić information content (AvgIpc) is 3.23. The zero-order chi connectivity index (χ0) is 16.5. The van der Waals surface area contributed by atoms with Crippen LogP contribution in [0.4, 0.5) is 16.2 Å². The molecule has 3 amide bonds. The van der Waals surface area contributed by atoms with E-state index in [1.807, 2.05) is 24.3 Å². The molecule has 7 nitrogen and oxygen atoms in total. The highest BCUT2D eigenvalue weighted by molar-refractivity contribution is 6.12. The molecule has 3 N–H and O–H groups in total. The number of hydrogen-bond acceptors (Lipinski definition) is 3. The van der Waals surface area contributed by atoms with Gasteiger partial charge in [0.05, 0.1) is 17.3 Å². The molecule has 2 aromatic carbocycles. The van der Waals surface area contributed by atoms with E-state index in [-0.39, 0.29) is 11.9 Å². The predicted molar refractivity (Wildman–Crippen MR) is 91.2 cm³/mol. The third-order valence-corrected chi connectivity index (χ3v) is 3.99. The highest BCUT2D eigenvalue weighted by atomic mass is 16.2. The van der Waals surface area contributed by atoms with Crippen LogP contribution in [0.3, 0.4) is 0 Å². The number of carbonyl (C=O) groups is 2. The lowest BCUT2D eigenvalue weighted by Crippen LogP contribution is -2.27. The minimum atomic E-state index is -0.229. The van der Waals surface area contributed by atoms with E-state index in [9.17, 15) is 9.59 Å². The van der Waals surface area contributed by atoms with E-state index < -0.39 is 0 Å². The first-order chi connectivity index (χ1) is 11.7. The fourth-order valence-electron chi connectivity index (χ4n) is 2.83. The number of nitrogens with one attached hydrogen (secondary N) is 3. The van der Waals surface area contributed by atoms with Crippen molar-refractivity contribution in [1.29, 1.82) is 0 Å². The van der Waals surface area contributed by atoms with Gasteiger partial charge in [-0.05, 0) is 24.3 Å². The lowest BCUT2D eigenvalue weighted by atomic mass is 10.1. The number of anilines is 2. The van der Waals surface area contributed by atoms with Crippen molar-refractivity contribution >= 4 is 34.2 Å². The molecule has 1 aliphatic heterocycles. The number of carbonyl (C=O) groups excluding carboxylic acids is 2. The molecule has 0 unspecified atom stereocenters. The Morgan fingerprint density at radius 3 is 2.92 bits per heavy atom. The van der Waals surface area contributed by atoms with Gasteiger partial charge in [0.2, 0.25) is 0 Å². The quantitative estimate of drug-likeness (QED) is 0.691. The summed E-state index contributed by atoms with van der Waals surface area (Å²) in [6, 6.07) is 12.6. The minimum absolute atomic E-state index is 0.124. The van der Waals surface area contributed by atoms with Crippen molar-refractivity contribution < 1.29 is 9.59 Å². The Kier molecular flexibility index (Phi) is 3.38. The summed E-state index contributed by atoms with van der Waals surface area (Å²) < 4.78 is 0. The second-order valence-electron chi connectivity index (χ2n) is 5.53. The number of rotatable bonds is 3. The maximum absolute atomic E-state index is 12.6. The summed E-state index contributed by atoms with van der Waals surface area (Å²) in [4.78, 5) is 26.0. The molecule has 0 spiro atoms. The molecule has 0 radical (unpaired) electrons. The highest BCUT2D eigenvalue weighted by Crippen LogP contribution is 2.22. The molecule has 1 aromatic heterocycles. The molecule has 0 saturated carbocycles. The van der Waals surface area contributed by atoms with E-state index in [2.05, 4.69) is 20.8 Å². The van der Waals surface area contributed by atoms with E-state index in [0.29, 0.717) is 29.9 Å². The molecule has 4 rings (SSSR count). The summed E-state index contributed by atoms with van der Waals surface area (Å²) >= 11 is 0. The van der Waals surface area contributed by atoms with Crippen LogP contribution in [0.15, 0.2) is 48.7 Å². The normalized spacial score (nSPS) is 14.0. The van der Waals surface area contributed by atoms with E-state index in [1.54, 1.807) is 29.3 Å². The van der Waals surface area contributed by atoms with Crippen LogP contribution in [0.25, 0.3) is 10.9 Å². The Morgan fingerprint density at radius 2 is 2.08 bits per heavy atom. The van der Waals surface area contributed by atoms with Crippen LogP contribution in [0.2, 0.25) is 0 Å². The first-order valence-corrected chi connectivity index (χ1v) is 7.61. The molecule has 2 heterocycles. The maximum Gasteiger partial charge on any atom is 0.321 e. The summed E-state index contributed by atoms with van der Waals surface area (Å²) in [5.74, 6) is -0.229. The molecule has 1 aliphatic rings. The smallest absolute Gasteiger partial charge is 0.321 e. The number of H-pyrrole nitrogens is 1. The lowest BCUT2D eigenvalue weighted by Gasteiger charge is -2.15. The average molecular weight is 321 g/mol. The Balaban J connectivity index is 1.60. The number of para-hydroxylation sites is 1. The molecule has 0 aliphatic carbocycles. The molecule has 0 atom stereocenters. The standard InChI is InChI=1S/C17H15N5O2/c23-16(14-6-1-3-11-10-19-21-15(11)14)20-12-4-2-5-13(9-12)22-8-7-18-17(22)24/h1-6,9-10H,7-8H2,(H,18,24)(H,19,21)(H,20,23). The van der Waals surface area contributed by atoms with Crippen LogP contribution in [0.1, 0.15) is 10.4 Å². The van der Waals surface area contributed by atoms with Gasteiger partial charge in [0.1, 0.15) is 0 Å². The third-order valence-electron chi connectivity index (χ3n) is 3.99. The number of amides is 3. The van der Waals surface area contributed by atoms with Crippen molar-refractivity contribution in [2.24, 2.45) is 0 Å². The fourth-order valence-corrected chi connectivity index (χ4v) is 2.83. The summed E-state index contributed by atoms with van der Waals surface area (Å²) in [6.45, 7) is 1.24. The van der Waals surface area contributed by atoms with Crippen LogP contribution in [-0.2, 0) is 0 Å². The monoisotopic (exact) mass is 321 g/mol. The van der Waals surface area contributed by atoms with E-state index in [1.165, 1.54) is 0 Å². The molecular formula is C17H15N5O2. The zero-order valence-corrected chi connectivity index (χ0v) is 12.7. The van der Waals surface area contributed by atoms with Crippen LogP contribution in [-0.4, -0.2) is 35.2 Å². The van der Waals surface area contributed by atoms with Crippen LogP contribution < -0.4 is 15.5 Å². The van der Waals surface area contributed by atoms with E-state index in [0.717, 1.165) is 11.1 Å². The summed E-state index contributed by atoms with van der Waals surface area (Å²) in [5, 5.41) is 13.3. The summed E-state index contributed by atoms with van der Waals surface area (Å²) in [5.41, 5.74) is 2.61. The van der Waals surface area contributed by atoms with Crippen molar-refractivity contribution in [2.45, 2.75) is 0 Å². The third kappa shape index (κ3) is 2.45. The van der Waals surface area contributed by atoms with Crippen molar-refractivity contribution in [3.63, 3.8) is 0 Å². The number of nitrogens with zero attached hydrogens (tertiary/aromatic N) is 2. The molecule has 1 saturated heterocycles. The van der Waals surface area contributed by atoms with Gasteiger partial charge in [-0.15, -0.1) is 0 Å². The summed E-state index contributed by atoms with van der Waals surface area (Å²) in [6.07, 6.45) is 1.68. The van der Waals surface area contributed by atoms with Crippen molar-refractivity contribution in [2.75, 3.05) is 23.3 Å². The first kappa shape index (κ1) is 14.3. The van der Waals surface area contributed by atoms with Gasteiger partial charge in [0, 0.05) is 29.9 Å². The van der Waals surface area contributed by atoms with Gasteiger partial charge < -0.3 is 10.6 Å². The van der Waals surface area contributed by atoms with Gasteiger partial charge in [-0.2, -0.15) is 5.10 Å². The molecule has 3 aromatic rings. The Bertz CT molecular complexity index is 933. The minimum Gasteiger partial charge on any atom is -0.336 e. The first-order valence-electron chi connectivity index (χ1n) is 7.61. The number of aromatic amines is 1. The lowest BCUT2D eigenvalue weighted by molar-refractivity contribution is 0.102. The van der Waals surface area contributed by atoms with Crippen molar-refractivity contribution in [1.82, 2.24) is 15.5 Å². The van der Waals surface area contributed by atoms with Crippen molar-refractivity contribution in [3.05, 3.63) is 54.2 Å². The van der Waals surface area contributed by atoms with Crippen LogP contribution in [0, 0.1) is 0 Å². The van der Waals surface area contributed by atoms with Crippen LogP contribution >= 0.6 is 0 Å². The van der Waals surface area contributed by atoms with Gasteiger partial charge in [0.25, 0.3) is 5.91 Å². The van der Waals surface area contributed by atoms with Gasteiger partial charge in [-0.3, -0.25) is 14.8 Å². The molecule has 1 fully saturated rings. The topological polar surface area (TPSA) is 90.1 Å². The summed E-state index contributed by atoms with van der Waals surface area (Å²) in [7, 11) is 0. The van der Waals surface area contributed by atoms with Gasteiger partial charge >= 0.3 is 6.03 Å².